The second-order valence-electron chi connectivity index (χ2n) is 5.18. The fraction of sp³-hybridized carbons (Fsp3) is 0.733. The van der Waals surface area contributed by atoms with Crippen molar-refractivity contribution in [1.29, 1.82) is 0 Å². The van der Waals surface area contributed by atoms with Crippen LogP contribution in [0, 0.1) is 5.92 Å². The molecule has 0 amide bonds. The van der Waals surface area contributed by atoms with Gasteiger partial charge in [-0.2, -0.15) is 0 Å². The summed E-state index contributed by atoms with van der Waals surface area (Å²) in [5, 5.41) is 0. The quantitative estimate of drug-likeness (QED) is 0.566. The van der Waals surface area contributed by atoms with E-state index in [0.29, 0.717) is 25.9 Å². The predicted molar refractivity (Wildman–Crippen MR) is 70.7 cm³/mol. The summed E-state index contributed by atoms with van der Waals surface area (Å²) in [6.45, 7) is 1.26. The third-order valence-corrected chi connectivity index (χ3v) is 3.68. The zero-order valence-electron chi connectivity index (χ0n) is 11.3. The average Bonchev–Trinajstić information content (AvgIpc) is 2.42. The molecule has 2 fully saturated rings. The van der Waals surface area contributed by atoms with Crippen molar-refractivity contribution in [2.24, 2.45) is 5.92 Å². The van der Waals surface area contributed by atoms with E-state index in [9.17, 15) is 9.59 Å². The van der Waals surface area contributed by atoms with Gasteiger partial charge in [0.25, 0.3) is 0 Å². The highest BCUT2D eigenvalue weighted by Gasteiger charge is 2.28. The minimum atomic E-state index is -0.407. The van der Waals surface area contributed by atoms with Crippen molar-refractivity contribution in [3.8, 4) is 0 Å². The lowest BCUT2D eigenvalue weighted by Gasteiger charge is -2.22. The van der Waals surface area contributed by atoms with Crippen molar-refractivity contribution >= 4 is 11.6 Å². The number of Topliss-reactive ketones (excluding diaryl/α,β-unsaturated/α-hetero) is 2. The molecule has 1 unspecified atom stereocenters. The van der Waals surface area contributed by atoms with E-state index in [0.717, 1.165) is 32.3 Å². The summed E-state index contributed by atoms with van der Waals surface area (Å²) in [6, 6.07) is 0. The molecule has 4 nitrogen and oxygen atoms in total. The van der Waals surface area contributed by atoms with Crippen LogP contribution < -0.4 is 0 Å². The number of hydrogen-bond donors (Lipinski definition) is 0. The van der Waals surface area contributed by atoms with Crippen LogP contribution >= 0.6 is 0 Å². The monoisotopic (exact) mass is 266 g/mol. The van der Waals surface area contributed by atoms with Gasteiger partial charge in [0.15, 0.2) is 6.29 Å². The third kappa shape index (κ3) is 4.55. The van der Waals surface area contributed by atoms with Crippen molar-refractivity contribution in [3.63, 3.8) is 0 Å². The van der Waals surface area contributed by atoms with Gasteiger partial charge in [-0.1, -0.05) is 12.2 Å². The number of carbonyl (C=O) groups excluding carboxylic acids is 2. The topological polar surface area (TPSA) is 52.6 Å². The molecule has 19 heavy (non-hydrogen) atoms. The van der Waals surface area contributed by atoms with Crippen LogP contribution in [0.4, 0.5) is 0 Å². The predicted octanol–water partition coefficient (Wildman–Crippen LogP) is 2.41. The van der Waals surface area contributed by atoms with E-state index < -0.39 is 5.92 Å². The van der Waals surface area contributed by atoms with E-state index in [1.165, 1.54) is 0 Å². The number of rotatable bonds is 5. The van der Waals surface area contributed by atoms with Crippen LogP contribution in [-0.2, 0) is 19.1 Å². The second kappa shape index (κ2) is 7.56. The molecule has 0 N–H and O–H groups in total. The SMILES string of the molecule is O=C1CCCC(=O)C1C/C=C/COC1CCCCO1. The molecule has 2 aliphatic rings. The summed E-state index contributed by atoms with van der Waals surface area (Å²) in [5.74, 6) is -0.217. The number of allylic oxidation sites excluding steroid dienone is 1. The Morgan fingerprint density at radius 3 is 2.58 bits per heavy atom. The van der Waals surface area contributed by atoms with Crippen LogP contribution in [0.3, 0.4) is 0 Å². The molecule has 0 spiro atoms. The Labute approximate surface area is 114 Å². The minimum absolute atomic E-state index is 0.0867. The van der Waals surface area contributed by atoms with Gasteiger partial charge in [-0.25, -0.2) is 0 Å². The molecule has 0 aromatic rings. The number of hydrogen-bond acceptors (Lipinski definition) is 4. The maximum Gasteiger partial charge on any atom is 0.157 e. The first kappa shape index (κ1) is 14.4. The minimum Gasteiger partial charge on any atom is -0.353 e. The Morgan fingerprint density at radius 2 is 1.89 bits per heavy atom. The first-order chi connectivity index (χ1) is 9.27. The zero-order valence-corrected chi connectivity index (χ0v) is 11.3. The molecule has 0 aromatic heterocycles. The standard InChI is InChI=1S/C15H22O4/c16-13-7-5-8-14(17)12(13)6-1-3-10-18-15-9-2-4-11-19-15/h1,3,12,15H,2,4-11H2/b3-1+. The van der Waals surface area contributed by atoms with Crippen molar-refractivity contribution < 1.29 is 19.1 Å². The second-order valence-corrected chi connectivity index (χ2v) is 5.18. The summed E-state index contributed by atoms with van der Waals surface area (Å²) in [5.41, 5.74) is 0. The summed E-state index contributed by atoms with van der Waals surface area (Å²) in [4.78, 5) is 23.2. The Hall–Kier alpha value is -1.00. The van der Waals surface area contributed by atoms with Crippen molar-refractivity contribution in [1.82, 2.24) is 0 Å². The van der Waals surface area contributed by atoms with Gasteiger partial charge >= 0.3 is 0 Å². The molecular weight excluding hydrogens is 244 g/mol. The van der Waals surface area contributed by atoms with Gasteiger partial charge in [0.1, 0.15) is 11.6 Å². The van der Waals surface area contributed by atoms with Gasteiger partial charge < -0.3 is 9.47 Å². The first-order valence-electron chi connectivity index (χ1n) is 7.21. The summed E-state index contributed by atoms with van der Waals surface area (Å²) >= 11 is 0. The van der Waals surface area contributed by atoms with Gasteiger partial charge in [-0.15, -0.1) is 0 Å². The Kier molecular flexibility index (Phi) is 5.73. The first-order valence-corrected chi connectivity index (χ1v) is 7.21. The molecule has 0 radical (unpaired) electrons. The highest BCUT2D eigenvalue weighted by molar-refractivity contribution is 6.04. The molecule has 2 rings (SSSR count). The molecular formula is C15H22O4. The molecule has 1 heterocycles. The molecule has 4 heteroatoms. The lowest BCUT2D eigenvalue weighted by atomic mass is 9.84. The molecule has 1 saturated carbocycles. The van der Waals surface area contributed by atoms with E-state index in [-0.39, 0.29) is 17.9 Å². The summed E-state index contributed by atoms with van der Waals surface area (Å²) in [7, 11) is 0. The van der Waals surface area contributed by atoms with E-state index >= 15 is 0 Å². The lowest BCUT2D eigenvalue weighted by Crippen LogP contribution is -2.28. The molecule has 1 atom stereocenters. The fourth-order valence-corrected chi connectivity index (χ4v) is 2.53. The maximum absolute atomic E-state index is 11.6. The molecule has 0 bridgehead atoms. The molecule has 1 aliphatic carbocycles. The Balaban J connectivity index is 1.65. The molecule has 1 saturated heterocycles. The van der Waals surface area contributed by atoms with Crippen molar-refractivity contribution in [3.05, 3.63) is 12.2 Å². The number of ether oxygens (including phenoxy) is 2. The van der Waals surface area contributed by atoms with Crippen LogP contribution in [0.15, 0.2) is 12.2 Å². The van der Waals surface area contributed by atoms with E-state index in [1.54, 1.807) is 0 Å². The van der Waals surface area contributed by atoms with E-state index in [1.807, 2.05) is 12.2 Å². The van der Waals surface area contributed by atoms with Crippen molar-refractivity contribution in [2.45, 2.75) is 51.2 Å². The van der Waals surface area contributed by atoms with Crippen LogP contribution in [-0.4, -0.2) is 31.1 Å². The smallest absolute Gasteiger partial charge is 0.157 e. The highest BCUT2D eigenvalue weighted by atomic mass is 16.7. The van der Waals surface area contributed by atoms with Crippen LogP contribution in [0.1, 0.15) is 44.9 Å². The van der Waals surface area contributed by atoms with Crippen LogP contribution in [0.25, 0.3) is 0 Å². The normalized spacial score (nSPS) is 26.2. The van der Waals surface area contributed by atoms with E-state index in [2.05, 4.69) is 0 Å². The van der Waals surface area contributed by atoms with E-state index in [4.69, 9.17) is 9.47 Å². The molecule has 106 valence electrons. The average molecular weight is 266 g/mol. The summed E-state index contributed by atoms with van der Waals surface area (Å²) < 4.78 is 11.0. The lowest BCUT2D eigenvalue weighted by molar-refractivity contribution is -0.155. The Bertz CT molecular complexity index is 326. The van der Waals surface area contributed by atoms with Crippen LogP contribution in [0.2, 0.25) is 0 Å². The highest BCUT2D eigenvalue weighted by Crippen LogP contribution is 2.20. The summed E-state index contributed by atoms with van der Waals surface area (Å²) in [6.07, 6.45) is 9.24. The van der Waals surface area contributed by atoms with Gasteiger partial charge in [0.2, 0.25) is 0 Å². The molecule has 0 aromatic carbocycles. The number of carbonyl (C=O) groups is 2. The zero-order chi connectivity index (χ0) is 13.5. The Morgan fingerprint density at radius 1 is 1.11 bits per heavy atom. The largest absolute Gasteiger partial charge is 0.353 e. The van der Waals surface area contributed by atoms with Crippen molar-refractivity contribution in [2.75, 3.05) is 13.2 Å². The third-order valence-electron chi connectivity index (χ3n) is 3.68. The number of ketones is 2. The van der Waals surface area contributed by atoms with Gasteiger partial charge in [0.05, 0.1) is 12.5 Å². The van der Waals surface area contributed by atoms with Gasteiger partial charge in [-0.3, -0.25) is 9.59 Å². The molecule has 1 aliphatic heterocycles. The van der Waals surface area contributed by atoms with Gasteiger partial charge in [0, 0.05) is 19.4 Å². The van der Waals surface area contributed by atoms with Crippen LogP contribution in [0.5, 0.6) is 0 Å². The maximum atomic E-state index is 11.6. The van der Waals surface area contributed by atoms with Gasteiger partial charge in [-0.05, 0) is 32.1 Å². The fourth-order valence-electron chi connectivity index (χ4n) is 2.53.